The first-order chi connectivity index (χ1) is 17.0. The van der Waals surface area contributed by atoms with Crippen LogP contribution in [0, 0.1) is 11.3 Å². The number of imidazole rings is 1. The van der Waals surface area contributed by atoms with Crippen molar-refractivity contribution in [2.45, 2.75) is 26.5 Å². The van der Waals surface area contributed by atoms with Gasteiger partial charge in [0.15, 0.2) is 11.4 Å². The van der Waals surface area contributed by atoms with Gasteiger partial charge >= 0.3 is 0 Å². The molecule has 5 rings (SSSR count). The topological polar surface area (TPSA) is 124 Å². The highest BCUT2D eigenvalue weighted by Crippen LogP contribution is 2.29. The van der Waals surface area contributed by atoms with Crippen LogP contribution in [0.4, 0.5) is 0 Å². The van der Waals surface area contributed by atoms with Crippen LogP contribution in [0.15, 0.2) is 67.1 Å². The maximum atomic E-state index is 12.0. The molecule has 10 heteroatoms. The number of tetrazole rings is 1. The Balaban J connectivity index is 1.49. The fourth-order valence-corrected chi connectivity index (χ4v) is 3.92. The Bertz CT molecular complexity index is 1570. The van der Waals surface area contributed by atoms with Gasteiger partial charge in [-0.3, -0.25) is 4.79 Å². The van der Waals surface area contributed by atoms with Crippen molar-refractivity contribution in [1.82, 2.24) is 34.8 Å². The molecule has 0 radical (unpaired) electrons. The van der Waals surface area contributed by atoms with E-state index in [9.17, 15) is 10.1 Å². The number of benzene rings is 2. The van der Waals surface area contributed by atoms with E-state index in [0.717, 1.165) is 5.56 Å². The summed E-state index contributed by atoms with van der Waals surface area (Å²) in [4.78, 5) is 16.5. The van der Waals surface area contributed by atoms with E-state index in [-0.39, 0.29) is 11.9 Å². The molecule has 0 amide bonds. The molecule has 0 saturated carbocycles. The highest BCUT2D eigenvalue weighted by atomic mass is 16.5. The second kappa shape index (κ2) is 9.15. The Hall–Kier alpha value is -4.91. The van der Waals surface area contributed by atoms with Crippen molar-refractivity contribution in [3.63, 3.8) is 0 Å². The molecular weight excluding hydrogens is 444 g/mol. The Morgan fingerprint density at radius 3 is 2.80 bits per heavy atom. The van der Waals surface area contributed by atoms with Crippen LogP contribution in [0.3, 0.4) is 0 Å². The highest BCUT2D eigenvalue weighted by molar-refractivity contribution is 5.98. The van der Waals surface area contributed by atoms with E-state index in [1.807, 2.05) is 43.3 Å². The number of nitriles is 1. The van der Waals surface area contributed by atoms with Gasteiger partial charge in [0.1, 0.15) is 24.3 Å². The van der Waals surface area contributed by atoms with Crippen molar-refractivity contribution < 1.29 is 9.53 Å². The van der Waals surface area contributed by atoms with Crippen LogP contribution >= 0.6 is 0 Å². The van der Waals surface area contributed by atoms with Crippen LogP contribution < -0.4 is 4.74 Å². The van der Waals surface area contributed by atoms with E-state index in [0.29, 0.717) is 46.0 Å². The zero-order valence-electron chi connectivity index (χ0n) is 19.0. The standard InChI is InChI=1S/C25H20N8O2/c1-16(14-32-15-28-30-31-32)35-19-6-3-5-18(11-19)23-9-10-25-27-13-24(33(25)29-23)21-8-4-7-20(17(2)34)22(21)12-26/h3-11,13,15-16H,14H2,1-2H3/t16-/m0/s1. The van der Waals surface area contributed by atoms with Crippen LogP contribution in [0.5, 0.6) is 5.75 Å². The van der Waals surface area contributed by atoms with Crippen LogP contribution in [0.1, 0.15) is 29.8 Å². The van der Waals surface area contributed by atoms with Crippen molar-refractivity contribution in [2.75, 3.05) is 0 Å². The molecule has 0 fully saturated rings. The second-order valence-corrected chi connectivity index (χ2v) is 8.02. The van der Waals surface area contributed by atoms with Gasteiger partial charge in [-0.2, -0.15) is 10.4 Å². The Morgan fingerprint density at radius 1 is 1.17 bits per heavy atom. The van der Waals surface area contributed by atoms with Gasteiger partial charge in [0.05, 0.1) is 29.7 Å². The molecule has 3 heterocycles. The highest BCUT2D eigenvalue weighted by Gasteiger charge is 2.17. The normalized spacial score (nSPS) is 11.8. The van der Waals surface area contributed by atoms with Gasteiger partial charge in [-0.05, 0) is 48.5 Å². The Labute approximate surface area is 200 Å². The van der Waals surface area contributed by atoms with Gasteiger partial charge in [-0.1, -0.05) is 30.3 Å². The summed E-state index contributed by atoms with van der Waals surface area (Å²) in [6.45, 7) is 3.91. The molecule has 5 aromatic rings. The van der Waals surface area contributed by atoms with Crippen LogP contribution in [0.25, 0.3) is 28.2 Å². The van der Waals surface area contributed by atoms with Gasteiger partial charge in [0.25, 0.3) is 0 Å². The van der Waals surface area contributed by atoms with Gasteiger partial charge in [-0.15, -0.1) is 5.10 Å². The van der Waals surface area contributed by atoms with E-state index in [2.05, 4.69) is 26.6 Å². The number of carbonyl (C=O) groups is 1. The number of nitrogens with zero attached hydrogens (tertiary/aromatic N) is 8. The number of carbonyl (C=O) groups excluding carboxylic acids is 1. The number of rotatable bonds is 7. The lowest BCUT2D eigenvalue weighted by atomic mass is 9.98. The molecule has 0 unspecified atom stereocenters. The molecule has 35 heavy (non-hydrogen) atoms. The summed E-state index contributed by atoms with van der Waals surface area (Å²) >= 11 is 0. The summed E-state index contributed by atoms with van der Waals surface area (Å²) in [5, 5.41) is 25.7. The summed E-state index contributed by atoms with van der Waals surface area (Å²) in [6.07, 6.45) is 3.05. The number of aromatic nitrogens is 7. The predicted octanol–water partition coefficient (Wildman–Crippen LogP) is 3.59. The van der Waals surface area contributed by atoms with Gasteiger partial charge in [0, 0.05) is 16.7 Å². The summed E-state index contributed by atoms with van der Waals surface area (Å²) in [7, 11) is 0. The summed E-state index contributed by atoms with van der Waals surface area (Å²) in [5.74, 6) is 0.522. The monoisotopic (exact) mass is 464 g/mol. The number of Topliss-reactive ketones (excluding diaryl/α,β-unsaturated/α-hetero) is 1. The van der Waals surface area contributed by atoms with Crippen molar-refractivity contribution in [3.05, 3.63) is 78.2 Å². The SMILES string of the molecule is CC(=O)c1cccc(-c2cnc3ccc(-c4cccc(O[C@@H](C)Cn5cnnn5)c4)nn23)c1C#N. The summed E-state index contributed by atoms with van der Waals surface area (Å²) < 4.78 is 9.35. The third-order valence-electron chi connectivity index (χ3n) is 5.50. The van der Waals surface area contributed by atoms with Crippen LogP contribution in [-0.4, -0.2) is 46.7 Å². The molecule has 0 aliphatic rings. The first-order valence-corrected chi connectivity index (χ1v) is 10.9. The first-order valence-electron chi connectivity index (χ1n) is 10.9. The fourth-order valence-electron chi connectivity index (χ4n) is 3.92. The lowest BCUT2D eigenvalue weighted by Crippen LogP contribution is -2.20. The minimum atomic E-state index is -0.169. The molecule has 10 nitrogen and oxygen atoms in total. The number of ether oxygens (including phenoxy) is 1. The molecule has 2 aromatic carbocycles. The minimum absolute atomic E-state index is 0.151. The zero-order chi connectivity index (χ0) is 24.4. The smallest absolute Gasteiger partial charge is 0.161 e. The molecule has 0 N–H and O–H groups in total. The summed E-state index contributed by atoms with van der Waals surface area (Å²) in [6, 6.07) is 18.8. The quantitative estimate of drug-likeness (QED) is 0.335. The zero-order valence-corrected chi connectivity index (χ0v) is 19.0. The van der Waals surface area contributed by atoms with Crippen molar-refractivity contribution in [2.24, 2.45) is 0 Å². The van der Waals surface area contributed by atoms with Crippen LogP contribution in [0.2, 0.25) is 0 Å². The average molecular weight is 464 g/mol. The van der Waals surface area contributed by atoms with E-state index >= 15 is 0 Å². The molecule has 0 bridgehead atoms. The minimum Gasteiger partial charge on any atom is -0.489 e. The van der Waals surface area contributed by atoms with Gasteiger partial charge < -0.3 is 4.74 Å². The lowest BCUT2D eigenvalue weighted by molar-refractivity contribution is 0.101. The van der Waals surface area contributed by atoms with E-state index in [4.69, 9.17) is 9.84 Å². The fraction of sp³-hybridized carbons (Fsp3) is 0.160. The van der Waals surface area contributed by atoms with Crippen LogP contribution in [-0.2, 0) is 6.54 Å². The summed E-state index contributed by atoms with van der Waals surface area (Å²) in [5.41, 5.74) is 4.10. The Morgan fingerprint density at radius 2 is 2.03 bits per heavy atom. The number of hydrogen-bond acceptors (Lipinski definition) is 8. The molecule has 0 aliphatic carbocycles. The third-order valence-corrected chi connectivity index (χ3v) is 5.50. The second-order valence-electron chi connectivity index (χ2n) is 8.02. The van der Waals surface area contributed by atoms with Gasteiger partial charge in [0.2, 0.25) is 0 Å². The molecule has 0 saturated heterocycles. The number of ketones is 1. The van der Waals surface area contributed by atoms with E-state index < -0.39 is 0 Å². The maximum Gasteiger partial charge on any atom is 0.161 e. The van der Waals surface area contributed by atoms with E-state index in [1.165, 1.54) is 6.92 Å². The number of hydrogen-bond donors (Lipinski definition) is 0. The lowest BCUT2D eigenvalue weighted by Gasteiger charge is -2.15. The van der Waals surface area contributed by atoms with Crippen molar-refractivity contribution in [3.8, 4) is 34.3 Å². The molecule has 3 aromatic heterocycles. The van der Waals surface area contributed by atoms with E-state index in [1.54, 1.807) is 39.9 Å². The predicted molar refractivity (Wildman–Crippen MR) is 126 cm³/mol. The molecule has 172 valence electrons. The van der Waals surface area contributed by atoms with Crippen molar-refractivity contribution >= 4 is 11.4 Å². The number of fused-ring (bicyclic) bond motifs is 1. The molecule has 0 aliphatic heterocycles. The molecule has 1 atom stereocenters. The largest absolute Gasteiger partial charge is 0.489 e. The molecular formula is C25H20N8O2. The molecule has 0 spiro atoms. The third kappa shape index (κ3) is 4.35. The maximum absolute atomic E-state index is 12.0. The van der Waals surface area contributed by atoms with Gasteiger partial charge in [-0.25, -0.2) is 14.2 Å². The van der Waals surface area contributed by atoms with Crippen molar-refractivity contribution in [1.29, 1.82) is 5.26 Å². The Kier molecular flexibility index (Phi) is 5.73. The average Bonchev–Trinajstić information content (AvgIpc) is 3.53. The first kappa shape index (κ1) is 21.9.